The normalized spacial score (nSPS) is 19.7. The van der Waals surface area contributed by atoms with Gasteiger partial charge in [-0.1, -0.05) is 0 Å². The number of rotatable bonds is 4. The second kappa shape index (κ2) is 4.58. The molecule has 1 aliphatic rings. The van der Waals surface area contributed by atoms with E-state index in [9.17, 15) is 4.79 Å². The highest BCUT2D eigenvalue weighted by Crippen LogP contribution is 1.94. The second-order valence-corrected chi connectivity index (χ2v) is 3.91. The van der Waals surface area contributed by atoms with Gasteiger partial charge in [0.1, 0.15) is 0 Å². The van der Waals surface area contributed by atoms with E-state index in [-0.39, 0.29) is 18.0 Å². The molecule has 1 heterocycles. The molecule has 1 rings (SSSR count). The maximum Gasteiger partial charge on any atom is 0.237 e. The molecular formula is C9H19N3O. The highest BCUT2D eigenvalue weighted by molar-refractivity contribution is 5.81. The molecule has 0 saturated carbocycles. The number of carbonyl (C=O) groups excluding carboxylic acids is 1. The van der Waals surface area contributed by atoms with Crippen molar-refractivity contribution in [3.8, 4) is 0 Å². The topological polar surface area (TPSA) is 53.2 Å². The monoisotopic (exact) mass is 185 g/mol. The van der Waals surface area contributed by atoms with E-state index in [0.29, 0.717) is 6.04 Å². The minimum absolute atomic E-state index is 0.0851. The Morgan fingerprint density at radius 3 is 2.38 bits per heavy atom. The molecule has 0 radical (unpaired) electrons. The second-order valence-electron chi connectivity index (χ2n) is 3.91. The van der Waals surface area contributed by atoms with Crippen LogP contribution in [0.1, 0.15) is 20.8 Å². The Morgan fingerprint density at radius 1 is 1.38 bits per heavy atom. The van der Waals surface area contributed by atoms with Crippen LogP contribution in [0, 0.1) is 0 Å². The summed E-state index contributed by atoms with van der Waals surface area (Å²) in [4.78, 5) is 11.4. The SMILES string of the molecule is CC(C)NC(=O)C(C)NC1CNC1. The molecule has 1 unspecified atom stereocenters. The van der Waals surface area contributed by atoms with Crippen LogP contribution in [0.2, 0.25) is 0 Å². The lowest BCUT2D eigenvalue weighted by atomic mass is 10.1. The molecular weight excluding hydrogens is 166 g/mol. The smallest absolute Gasteiger partial charge is 0.237 e. The highest BCUT2D eigenvalue weighted by atomic mass is 16.2. The molecule has 3 N–H and O–H groups in total. The summed E-state index contributed by atoms with van der Waals surface area (Å²) in [5.74, 6) is 0.0851. The molecule has 0 aromatic rings. The van der Waals surface area contributed by atoms with Gasteiger partial charge in [0.2, 0.25) is 5.91 Å². The molecule has 0 spiro atoms. The van der Waals surface area contributed by atoms with Gasteiger partial charge in [0.15, 0.2) is 0 Å². The van der Waals surface area contributed by atoms with Gasteiger partial charge < -0.3 is 16.0 Å². The van der Waals surface area contributed by atoms with Crippen molar-refractivity contribution in [3.05, 3.63) is 0 Å². The third-order valence-electron chi connectivity index (χ3n) is 2.09. The fourth-order valence-electron chi connectivity index (χ4n) is 1.25. The first kappa shape index (κ1) is 10.5. The minimum Gasteiger partial charge on any atom is -0.353 e. The summed E-state index contributed by atoms with van der Waals surface area (Å²) in [7, 11) is 0. The Bertz CT molecular complexity index is 178. The third kappa shape index (κ3) is 3.32. The number of hydrogen-bond donors (Lipinski definition) is 3. The molecule has 76 valence electrons. The predicted octanol–water partition coefficient (Wildman–Crippen LogP) is -0.539. The van der Waals surface area contributed by atoms with Crippen molar-refractivity contribution >= 4 is 5.91 Å². The van der Waals surface area contributed by atoms with Gasteiger partial charge in [-0.15, -0.1) is 0 Å². The number of amides is 1. The zero-order chi connectivity index (χ0) is 9.84. The molecule has 0 bridgehead atoms. The summed E-state index contributed by atoms with van der Waals surface area (Å²) in [5.41, 5.74) is 0. The van der Waals surface area contributed by atoms with Crippen LogP contribution < -0.4 is 16.0 Å². The van der Waals surface area contributed by atoms with Crippen molar-refractivity contribution in [3.63, 3.8) is 0 Å². The van der Waals surface area contributed by atoms with E-state index in [4.69, 9.17) is 0 Å². The van der Waals surface area contributed by atoms with Crippen molar-refractivity contribution in [1.82, 2.24) is 16.0 Å². The maximum atomic E-state index is 11.4. The summed E-state index contributed by atoms with van der Waals surface area (Å²) in [6.45, 7) is 7.78. The summed E-state index contributed by atoms with van der Waals surface area (Å²) < 4.78 is 0. The van der Waals surface area contributed by atoms with E-state index in [2.05, 4.69) is 16.0 Å². The van der Waals surface area contributed by atoms with Crippen molar-refractivity contribution in [2.75, 3.05) is 13.1 Å². The van der Waals surface area contributed by atoms with Gasteiger partial charge in [-0.25, -0.2) is 0 Å². The van der Waals surface area contributed by atoms with Gasteiger partial charge in [0.25, 0.3) is 0 Å². The Labute approximate surface area is 79.5 Å². The Hall–Kier alpha value is -0.610. The Morgan fingerprint density at radius 2 is 2.00 bits per heavy atom. The molecule has 0 aromatic carbocycles. The summed E-state index contributed by atoms with van der Waals surface area (Å²) in [6, 6.07) is 0.596. The van der Waals surface area contributed by atoms with Crippen molar-refractivity contribution < 1.29 is 4.79 Å². The van der Waals surface area contributed by atoms with Crippen LogP contribution in [0.3, 0.4) is 0 Å². The Balaban J connectivity index is 2.20. The fraction of sp³-hybridized carbons (Fsp3) is 0.889. The van der Waals surface area contributed by atoms with Crippen LogP contribution >= 0.6 is 0 Å². The third-order valence-corrected chi connectivity index (χ3v) is 2.09. The Kier molecular flexibility index (Phi) is 3.69. The molecule has 1 aliphatic heterocycles. The van der Waals surface area contributed by atoms with Crippen molar-refractivity contribution in [2.45, 2.75) is 38.9 Å². The van der Waals surface area contributed by atoms with Crippen molar-refractivity contribution in [1.29, 1.82) is 0 Å². The fourth-order valence-corrected chi connectivity index (χ4v) is 1.25. The van der Waals surface area contributed by atoms with Crippen LogP contribution in [-0.2, 0) is 4.79 Å². The molecule has 1 amide bonds. The number of hydrogen-bond acceptors (Lipinski definition) is 3. The summed E-state index contributed by atoms with van der Waals surface area (Å²) in [6.07, 6.45) is 0. The van der Waals surface area contributed by atoms with Crippen LogP contribution in [0.25, 0.3) is 0 Å². The van der Waals surface area contributed by atoms with E-state index in [1.807, 2.05) is 20.8 Å². The molecule has 1 saturated heterocycles. The molecule has 1 atom stereocenters. The number of nitrogens with one attached hydrogen (secondary N) is 3. The lowest BCUT2D eigenvalue weighted by Gasteiger charge is -2.30. The molecule has 0 aromatic heterocycles. The quantitative estimate of drug-likeness (QED) is 0.551. The first-order chi connectivity index (χ1) is 6.09. The summed E-state index contributed by atoms with van der Waals surface area (Å²) in [5, 5.41) is 9.27. The lowest BCUT2D eigenvalue weighted by molar-refractivity contribution is -0.123. The highest BCUT2D eigenvalue weighted by Gasteiger charge is 2.21. The maximum absolute atomic E-state index is 11.4. The van der Waals surface area contributed by atoms with E-state index >= 15 is 0 Å². The molecule has 1 fully saturated rings. The standard InChI is InChI=1S/C9H19N3O/c1-6(2)11-9(13)7(3)12-8-4-10-5-8/h6-8,10,12H,4-5H2,1-3H3,(H,11,13). The lowest BCUT2D eigenvalue weighted by Crippen LogP contribution is -2.60. The molecule has 13 heavy (non-hydrogen) atoms. The van der Waals surface area contributed by atoms with Crippen LogP contribution in [0.5, 0.6) is 0 Å². The van der Waals surface area contributed by atoms with E-state index in [1.54, 1.807) is 0 Å². The van der Waals surface area contributed by atoms with Crippen molar-refractivity contribution in [2.24, 2.45) is 0 Å². The first-order valence-corrected chi connectivity index (χ1v) is 4.86. The van der Waals surface area contributed by atoms with Gasteiger partial charge in [-0.05, 0) is 20.8 Å². The zero-order valence-electron chi connectivity index (χ0n) is 8.55. The van der Waals surface area contributed by atoms with Gasteiger partial charge in [-0.3, -0.25) is 4.79 Å². The molecule has 4 heteroatoms. The van der Waals surface area contributed by atoms with Gasteiger partial charge in [0.05, 0.1) is 6.04 Å². The minimum atomic E-state index is -0.0884. The molecule has 4 nitrogen and oxygen atoms in total. The predicted molar refractivity (Wildman–Crippen MR) is 52.5 cm³/mol. The average molecular weight is 185 g/mol. The van der Waals surface area contributed by atoms with Crippen LogP contribution in [-0.4, -0.2) is 37.1 Å². The van der Waals surface area contributed by atoms with Gasteiger partial charge >= 0.3 is 0 Å². The van der Waals surface area contributed by atoms with Crippen LogP contribution in [0.15, 0.2) is 0 Å². The number of carbonyl (C=O) groups is 1. The average Bonchev–Trinajstić information content (AvgIpc) is 1.94. The van der Waals surface area contributed by atoms with E-state index < -0.39 is 0 Å². The first-order valence-electron chi connectivity index (χ1n) is 4.86. The van der Waals surface area contributed by atoms with E-state index in [0.717, 1.165) is 13.1 Å². The van der Waals surface area contributed by atoms with E-state index in [1.165, 1.54) is 0 Å². The molecule has 0 aliphatic carbocycles. The largest absolute Gasteiger partial charge is 0.353 e. The summed E-state index contributed by atoms with van der Waals surface area (Å²) >= 11 is 0. The zero-order valence-corrected chi connectivity index (χ0v) is 8.55. The van der Waals surface area contributed by atoms with Gasteiger partial charge in [-0.2, -0.15) is 0 Å². The van der Waals surface area contributed by atoms with Gasteiger partial charge in [0, 0.05) is 25.2 Å². The van der Waals surface area contributed by atoms with Crippen LogP contribution in [0.4, 0.5) is 0 Å².